The van der Waals surface area contributed by atoms with Crippen LogP contribution in [0.1, 0.15) is 36.1 Å². The van der Waals surface area contributed by atoms with E-state index in [4.69, 9.17) is 0 Å². The third-order valence-corrected chi connectivity index (χ3v) is 6.84. The highest BCUT2D eigenvalue weighted by atomic mass is 32.2. The van der Waals surface area contributed by atoms with Crippen molar-refractivity contribution in [2.45, 2.75) is 30.2 Å². The van der Waals surface area contributed by atoms with Crippen LogP contribution >= 0.6 is 11.8 Å². The number of anilines is 1. The van der Waals surface area contributed by atoms with Gasteiger partial charge in [-0.25, -0.2) is 8.78 Å². The molecule has 0 radical (unpaired) electrons. The van der Waals surface area contributed by atoms with Crippen molar-refractivity contribution in [3.63, 3.8) is 0 Å². The number of hydrogen-bond acceptors (Lipinski definition) is 4. The van der Waals surface area contributed by atoms with Gasteiger partial charge in [-0.3, -0.25) is 0 Å². The lowest BCUT2D eigenvalue weighted by atomic mass is 9.96. The van der Waals surface area contributed by atoms with E-state index >= 15 is 0 Å². The zero-order valence-corrected chi connectivity index (χ0v) is 17.1. The van der Waals surface area contributed by atoms with E-state index in [1.54, 1.807) is 48.2 Å². The normalized spacial score (nSPS) is 19.8. The van der Waals surface area contributed by atoms with Gasteiger partial charge in [0.05, 0.1) is 18.0 Å². The predicted octanol–water partition coefficient (Wildman–Crippen LogP) is 5.80. The van der Waals surface area contributed by atoms with E-state index in [9.17, 15) is 19.0 Å². The summed E-state index contributed by atoms with van der Waals surface area (Å²) in [5.41, 5.74) is 2.70. The number of hydrogen-bond donors (Lipinski definition) is 2. The molecule has 3 nitrogen and oxygen atoms in total. The second kappa shape index (κ2) is 9.06. The SMILES string of the molecule is Oc1ccc(C2C(CCC(O)c3ccc(F)cc3)SCN2c2ccc(F)cc2)cc1. The Bertz CT molecular complexity index is 964. The molecule has 2 N–H and O–H groups in total. The first-order valence-corrected chi connectivity index (χ1v) is 10.9. The third-order valence-electron chi connectivity index (χ3n) is 5.49. The van der Waals surface area contributed by atoms with E-state index in [0.717, 1.165) is 23.5 Å². The van der Waals surface area contributed by atoms with Gasteiger partial charge in [-0.2, -0.15) is 0 Å². The molecule has 3 atom stereocenters. The number of aliphatic hydroxyl groups excluding tert-OH is 1. The highest BCUT2D eigenvalue weighted by molar-refractivity contribution is 8.00. The molecule has 1 heterocycles. The molecular weight excluding hydrogens is 404 g/mol. The van der Waals surface area contributed by atoms with Gasteiger partial charge in [0, 0.05) is 10.9 Å². The van der Waals surface area contributed by atoms with Gasteiger partial charge in [0.25, 0.3) is 0 Å². The molecule has 6 heteroatoms. The minimum absolute atomic E-state index is 0.0291. The Labute approximate surface area is 179 Å². The maximum absolute atomic E-state index is 13.4. The smallest absolute Gasteiger partial charge is 0.123 e. The van der Waals surface area contributed by atoms with Crippen LogP contribution in [0, 0.1) is 11.6 Å². The van der Waals surface area contributed by atoms with Gasteiger partial charge in [0.1, 0.15) is 17.4 Å². The fourth-order valence-corrected chi connectivity index (χ4v) is 5.35. The van der Waals surface area contributed by atoms with Crippen molar-refractivity contribution in [3.05, 3.63) is 95.6 Å². The van der Waals surface area contributed by atoms with Gasteiger partial charge in [-0.05, 0) is 72.5 Å². The van der Waals surface area contributed by atoms with E-state index in [-0.39, 0.29) is 28.7 Å². The van der Waals surface area contributed by atoms with E-state index < -0.39 is 6.10 Å². The van der Waals surface area contributed by atoms with E-state index in [2.05, 4.69) is 4.90 Å². The maximum atomic E-state index is 13.4. The van der Waals surface area contributed by atoms with Crippen LogP contribution in [0.2, 0.25) is 0 Å². The Kier molecular flexibility index (Phi) is 6.25. The molecule has 3 unspecified atom stereocenters. The van der Waals surface area contributed by atoms with Crippen LogP contribution in [-0.2, 0) is 0 Å². The largest absolute Gasteiger partial charge is 0.508 e. The quantitative estimate of drug-likeness (QED) is 0.521. The summed E-state index contributed by atoms with van der Waals surface area (Å²) in [6.45, 7) is 0. The zero-order valence-electron chi connectivity index (χ0n) is 16.3. The Morgan fingerprint density at radius 1 is 0.900 bits per heavy atom. The van der Waals surface area contributed by atoms with Crippen LogP contribution in [0.5, 0.6) is 5.75 Å². The van der Waals surface area contributed by atoms with Crippen molar-refractivity contribution in [3.8, 4) is 5.75 Å². The van der Waals surface area contributed by atoms with Gasteiger partial charge in [-0.15, -0.1) is 11.8 Å². The first kappa shape index (κ1) is 20.7. The lowest BCUT2D eigenvalue weighted by Gasteiger charge is -2.30. The molecule has 4 rings (SSSR count). The molecule has 1 fully saturated rings. The van der Waals surface area contributed by atoms with E-state index in [1.165, 1.54) is 24.3 Å². The van der Waals surface area contributed by atoms with Crippen molar-refractivity contribution in [1.82, 2.24) is 0 Å². The number of phenols is 1. The summed E-state index contributed by atoms with van der Waals surface area (Å²) in [6.07, 6.45) is 0.647. The minimum Gasteiger partial charge on any atom is -0.508 e. The minimum atomic E-state index is -0.661. The van der Waals surface area contributed by atoms with Gasteiger partial charge in [0.15, 0.2) is 0 Å². The number of aromatic hydroxyl groups is 1. The average Bonchev–Trinajstić information content (AvgIpc) is 3.17. The number of phenolic OH excluding ortho intramolecular Hbond substituents is 1. The fraction of sp³-hybridized carbons (Fsp3) is 0.250. The second-order valence-electron chi connectivity index (χ2n) is 7.46. The zero-order chi connectivity index (χ0) is 21.1. The van der Waals surface area contributed by atoms with Crippen molar-refractivity contribution in [2.24, 2.45) is 0 Å². The number of halogens is 2. The van der Waals surface area contributed by atoms with Crippen LogP contribution in [0.4, 0.5) is 14.5 Å². The average molecular weight is 428 g/mol. The summed E-state index contributed by atoms with van der Waals surface area (Å²) < 4.78 is 26.6. The van der Waals surface area contributed by atoms with Gasteiger partial charge >= 0.3 is 0 Å². The summed E-state index contributed by atoms with van der Waals surface area (Å²) in [5, 5.41) is 20.4. The topological polar surface area (TPSA) is 43.7 Å². The molecule has 0 saturated carbocycles. The monoisotopic (exact) mass is 427 g/mol. The number of aliphatic hydroxyl groups is 1. The summed E-state index contributed by atoms with van der Waals surface area (Å²) in [5.74, 6) is 0.362. The predicted molar refractivity (Wildman–Crippen MR) is 117 cm³/mol. The standard InChI is InChI=1S/C24H23F2NO2S/c25-18-5-1-16(2-6-18)22(29)13-14-23-24(17-3-11-21(28)12-4-17)27(15-30-23)20-9-7-19(26)8-10-20/h1-12,22-24,28-29H,13-15H2. The molecule has 30 heavy (non-hydrogen) atoms. The molecular formula is C24H23F2NO2S. The number of nitrogens with zero attached hydrogens (tertiary/aromatic N) is 1. The van der Waals surface area contributed by atoms with Crippen molar-refractivity contribution in [2.75, 3.05) is 10.8 Å². The molecule has 0 aromatic heterocycles. The molecule has 1 aliphatic heterocycles. The van der Waals surface area contributed by atoms with Crippen LogP contribution < -0.4 is 4.90 Å². The van der Waals surface area contributed by atoms with Gasteiger partial charge < -0.3 is 15.1 Å². The Morgan fingerprint density at radius 2 is 1.50 bits per heavy atom. The van der Waals surface area contributed by atoms with Crippen molar-refractivity contribution in [1.29, 1.82) is 0 Å². The molecule has 3 aromatic carbocycles. The number of thioether (sulfide) groups is 1. The molecule has 1 saturated heterocycles. The fourth-order valence-electron chi connectivity index (χ4n) is 3.90. The van der Waals surface area contributed by atoms with Crippen LogP contribution in [0.3, 0.4) is 0 Å². The van der Waals surface area contributed by atoms with Crippen LogP contribution in [0.15, 0.2) is 72.8 Å². The molecule has 156 valence electrons. The third kappa shape index (κ3) is 4.60. The van der Waals surface area contributed by atoms with Crippen molar-refractivity contribution >= 4 is 17.4 Å². The molecule has 0 bridgehead atoms. The number of benzene rings is 3. The first-order valence-electron chi connectivity index (χ1n) is 9.87. The summed E-state index contributed by atoms with van der Waals surface area (Å²) >= 11 is 1.79. The van der Waals surface area contributed by atoms with Crippen molar-refractivity contribution < 1.29 is 19.0 Å². The van der Waals surface area contributed by atoms with Crippen LogP contribution in [-0.4, -0.2) is 21.3 Å². The lowest BCUT2D eigenvalue weighted by molar-refractivity contribution is 0.163. The summed E-state index contributed by atoms with van der Waals surface area (Å²) in [6, 6.07) is 19.6. The van der Waals surface area contributed by atoms with Gasteiger partial charge in [0.2, 0.25) is 0 Å². The molecule has 0 spiro atoms. The summed E-state index contributed by atoms with van der Waals surface area (Å²) in [7, 11) is 0. The molecule has 0 aliphatic carbocycles. The van der Waals surface area contributed by atoms with E-state index in [0.29, 0.717) is 12.0 Å². The number of rotatable bonds is 6. The lowest BCUT2D eigenvalue weighted by Crippen LogP contribution is -2.27. The van der Waals surface area contributed by atoms with Gasteiger partial charge in [-0.1, -0.05) is 24.3 Å². The second-order valence-corrected chi connectivity index (χ2v) is 8.66. The highest BCUT2D eigenvalue weighted by Crippen LogP contribution is 2.45. The molecule has 1 aliphatic rings. The molecule has 3 aromatic rings. The Morgan fingerprint density at radius 3 is 2.13 bits per heavy atom. The Hall–Kier alpha value is -2.57. The first-order chi connectivity index (χ1) is 14.5. The van der Waals surface area contributed by atoms with Crippen LogP contribution in [0.25, 0.3) is 0 Å². The Balaban J connectivity index is 1.54. The maximum Gasteiger partial charge on any atom is 0.123 e. The molecule has 0 amide bonds. The summed E-state index contributed by atoms with van der Waals surface area (Å²) in [4.78, 5) is 2.23. The highest BCUT2D eigenvalue weighted by Gasteiger charge is 2.36. The van der Waals surface area contributed by atoms with E-state index in [1.807, 2.05) is 12.1 Å².